The van der Waals surface area contributed by atoms with Crippen LogP contribution >= 0.6 is 0 Å². The quantitative estimate of drug-likeness (QED) is 0.508. The zero-order valence-corrected chi connectivity index (χ0v) is 21.1. The van der Waals surface area contributed by atoms with Crippen molar-refractivity contribution in [2.24, 2.45) is 5.92 Å². The zero-order valence-electron chi connectivity index (χ0n) is 21.1. The van der Waals surface area contributed by atoms with Crippen molar-refractivity contribution >= 4 is 11.7 Å². The monoisotopic (exact) mass is 485 g/mol. The summed E-state index contributed by atoms with van der Waals surface area (Å²) in [7, 11) is 1.66. The molecule has 1 atom stereocenters. The van der Waals surface area contributed by atoms with Gasteiger partial charge in [-0.3, -0.25) is 9.69 Å². The molecule has 0 N–H and O–H groups in total. The first-order valence-electron chi connectivity index (χ1n) is 13.0. The number of piperidine rings is 1. The fraction of sp³-hybridized carbons (Fsp3) is 0.414. The number of carbonyl (C=O) groups is 1. The van der Waals surface area contributed by atoms with E-state index in [1.807, 2.05) is 30.3 Å². The maximum Gasteiger partial charge on any atom is 0.227 e. The lowest BCUT2D eigenvalue weighted by molar-refractivity contribution is -0.137. The topological polar surface area (TPSA) is 61.8 Å². The SMILES string of the molecule is COc1ccc(-c2cc(N3CCCC(C(=O)N4CCN(CCc5ccccc5)CC4)C3)ncn2)cc1. The number of nitrogens with zero attached hydrogens (tertiary/aromatic N) is 5. The molecule has 2 aromatic carbocycles. The van der Waals surface area contributed by atoms with Crippen LogP contribution < -0.4 is 9.64 Å². The number of hydrogen-bond donors (Lipinski definition) is 0. The maximum absolute atomic E-state index is 13.4. The maximum atomic E-state index is 13.4. The predicted molar refractivity (Wildman–Crippen MR) is 142 cm³/mol. The molecule has 2 fully saturated rings. The Morgan fingerprint density at radius 3 is 2.50 bits per heavy atom. The van der Waals surface area contributed by atoms with Gasteiger partial charge in [-0.05, 0) is 49.1 Å². The highest BCUT2D eigenvalue weighted by Gasteiger charge is 2.31. The van der Waals surface area contributed by atoms with Crippen molar-refractivity contribution in [3.05, 3.63) is 72.6 Å². The van der Waals surface area contributed by atoms with E-state index in [9.17, 15) is 4.79 Å². The first-order chi connectivity index (χ1) is 17.7. The molecule has 0 saturated carbocycles. The molecule has 2 aliphatic rings. The Hall–Kier alpha value is -3.45. The second-order valence-electron chi connectivity index (χ2n) is 9.68. The van der Waals surface area contributed by atoms with Crippen LogP contribution in [0.2, 0.25) is 0 Å². The molecule has 2 aliphatic heterocycles. The van der Waals surface area contributed by atoms with Gasteiger partial charge in [0.05, 0.1) is 18.7 Å². The molecule has 1 amide bonds. The molecule has 0 spiro atoms. The molecule has 7 nitrogen and oxygen atoms in total. The van der Waals surface area contributed by atoms with E-state index in [4.69, 9.17) is 4.74 Å². The third kappa shape index (κ3) is 5.85. The Labute approximate surface area is 213 Å². The van der Waals surface area contributed by atoms with Crippen LogP contribution in [0.3, 0.4) is 0 Å². The molecule has 1 aromatic heterocycles. The average Bonchev–Trinajstić information content (AvgIpc) is 2.97. The van der Waals surface area contributed by atoms with E-state index < -0.39 is 0 Å². The summed E-state index contributed by atoms with van der Waals surface area (Å²) in [4.78, 5) is 29.2. The van der Waals surface area contributed by atoms with E-state index in [1.54, 1.807) is 13.4 Å². The number of aromatic nitrogens is 2. The lowest BCUT2D eigenvalue weighted by Gasteiger charge is -2.39. The highest BCUT2D eigenvalue weighted by atomic mass is 16.5. The Bertz CT molecular complexity index is 1130. The molecule has 0 aliphatic carbocycles. The van der Waals surface area contributed by atoms with Gasteiger partial charge in [0.1, 0.15) is 17.9 Å². The Balaban J connectivity index is 1.16. The van der Waals surface area contributed by atoms with E-state index in [0.717, 1.165) is 81.4 Å². The van der Waals surface area contributed by atoms with Crippen LogP contribution in [-0.2, 0) is 11.2 Å². The first kappa shape index (κ1) is 24.3. The minimum atomic E-state index is 0.0222. The lowest BCUT2D eigenvalue weighted by atomic mass is 9.96. The Morgan fingerprint density at radius 2 is 1.75 bits per heavy atom. The molecule has 0 radical (unpaired) electrons. The third-order valence-electron chi connectivity index (χ3n) is 7.38. The van der Waals surface area contributed by atoms with Crippen LogP contribution in [0.1, 0.15) is 18.4 Å². The normalized spacial score (nSPS) is 18.8. The second-order valence-corrected chi connectivity index (χ2v) is 9.68. The lowest BCUT2D eigenvalue weighted by Crippen LogP contribution is -2.52. The van der Waals surface area contributed by atoms with Gasteiger partial charge in [0.15, 0.2) is 0 Å². The largest absolute Gasteiger partial charge is 0.497 e. The van der Waals surface area contributed by atoms with Gasteiger partial charge in [0.2, 0.25) is 5.91 Å². The number of amides is 1. The van der Waals surface area contributed by atoms with Crippen LogP contribution in [-0.4, -0.2) is 78.6 Å². The van der Waals surface area contributed by atoms with Gasteiger partial charge in [-0.1, -0.05) is 30.3 Å². The second kappa shape index (κ2) is 11.5. The van der Waals surface area contributed by atoms with E-state index in [-0.39, 0.29) is 5.92 Å². The van der Waals surface area contributed by atoms with Crippen molar-refractivity contribution in [3.63, 3.8) is 0 Å². The fourth-order valence-corrected chi connectivity index (χ4v) is 5.21. The van der Waals surface area contributed by atoms with Gasteiger partial charge in [-0.2, -0.15) is 0 Å². The number of ether oxygens (including phenoxy) is 1. The summed E-state index contributed by atoms with van der Waals surface area (Å²) >= 11 is 0. The van der Waals surface area contributed by atoms with Gasteiger partial charge in [0.25, 0.3) is 0 Å². The van der Waals surface area contributed by atoms with Crippen molar-refractivity contribution in [1.29, 1.82) is 0 Å². The van der Waals surface area contributed by atoms with Crippen molar-refractivity contribution < 1.29 is 9.53 Å². The summed E-state index contributed by atoms with van der Waals surface area (Å²) in [5.41, 5.74) is 3.27. The van der Waals surface area contributed by atoms with Crippen molar-refractivity contribution in [3.8, 4) is 17.0 Å². The molecule has 36 heavy (non-hydrogen) atoms. The minimum absolute atomic E-state index is 0.0222. The summed E-state index contributed by atoms with van der Waals surface area (Å²) in [5, 5.41) is 0. The molecule has 7 heteroatoms. The predicted octanol–water partition coefficient (Wildman–Crippen LogP) is 3.76. The third-order valence-corrected chi connectivity index (χ3v) is 7.38. The van der Waals surface area contributed by atoms with Crippen LogP contribution in [0, 0.1) is 5.92 Å². The van der Waals surface area contributed by atoms with Crippen molar-refractivity contribution in [2.45, 2.75) is 19.3 Å². The average molecular weight is 486 g/mol. The van der Waals surface area contributed by atoms with Gasteiger partial charge < -0.3 is 14.5 Å². The number of carbonyl (C=O) groups excluding carboxylic acids is 1. The summed E-state index contributed by atoms with van der Waals surface area (Å²) in [6, 6.07) is 20.5. The summed E-state index contributed by atoms with van der Waals surface area (Å²) in [5.74, 6) is 2.03. The minimum Gasteiger partial charge on any atom is -0.497 e. The van der Waals surface area contributed by atoms with Crippen LogP contribution in [0.15, 0.2) is 67.0 Å². The standard InChI is InChI=1S/C29H35N5O2/c1-36-26-11-9-24(10-12-26)27-20-28(31-22-30-27)34-14-5-8-25(21-34)29(35)33-18-16-32(17-19-33)15-13-23-6-3-2-4-7-23/h2-4,6-7,9-12,20,22,25H,5,8,13-19,21H2,1H3. The molecular weight excluding hydrogens is 450 g/mol. The van der Waals surface area contributed by atoms with Crippen molar-refractivity contribution in [2.75, 3.05) is 57.8 Å². The highest BCUT2D eigenvalue weighted by molar-refractivity contribution is 5.80. The Morgan fingerprint density at radius 1 is 0.972 bits per heavy atom. The summed E-state index contributed by atoms with van der Waals surface area (Å²) in [6.07, 6.45) is 4.62. The number of rotatable bonds is 7. The fourth-order valence-electron chi connectivity index (χ4n) is 5.21. The van der Waals surface area contributed by atoms with E-state index in [2.05, 4.69) is 55.0 Å². The highest BCUT2D eigenvalue weighted by Crippen LogP contribution is 2.27. The van der Waals surface area contributed by atoms with E-state index >= 15 is 0 Å². The molecule has 5 rings (SSSR count). The number of hydrogen-bond acceptors (Lipinski definition) is 6. The molecular formula is C29H35N5O2. The molecule has 188 valence electrons. The van der Waals surface area contributed by atoms with Crippen LogP contribution in [0.5, 0.6) is 5.75 Å². The molecule has 1 unspecified atom stereocenters. The Kier molecular flexibility index (Phi) is 7.76. The molecule has 2 saturated heterocycles. The van der Waals surface area contributed by atoms with Crippen LogP contribution in [0.25, 0.3) is 11.3 Å². The van der Waals surface area contributed by atoms with E-state index in [1.165, 1.54) is 5.56 Å². The first-order valence-corrected chi connectivity index (χ1v) is 13.0. The number of piperazine rings is 1. The summed E-state index contributed by atoms with van der Waals surface area (Å²) in [6.45, 7) is 6.21. The van der Waals surface area contributed by atoms with Gasteiger partial charge >= 0.3 is 0 Å². The zero-order chi connectivity index (χ0) is 24.7. The number of methoxy groups -OCH3 is 1. The molecule has 0 bridgehead atoms. The number of anilines is 1. The van der Waals surface area contributed by atoms with Gasteiger partial charge in [-0.25, -0.2) is 9.97 Å². The van der Waals surface area contributed by atoms with Gasteiger partial charge in [-0.15, -0.1) is 0 Å². The van der Waals surface area contributed by atoms with Crippen molar-refractivity contribution in [1.82, 2.24) is 19.8 Å². The molecule has 3 aromatic rings. The molecule has 3 heterocycles. The smallest absolute Gasteiger partial charge is 0.227 e. The summed E-state index contributed by atoms with van der Waals surface area (Å²) < 4.78 is 5.26. The van der Waals surface area contributed by atoms with Crippen LogP contribution in [0.4, 0.5) is 5.82 Å². The van der Waals surface area contributed by atoms with Gasteiger partial charge in [0, 0.05) is 57.4 Å². The van der Waals surface area contributed by atoms with E-state index in [0.29, 0.717) is 12.5 Å². The number of benzene rings is 2.